The van der Waals surface area contributed by atoms with E-state index in [2.05, 4.69) is 19.9 Å². The van der Waals surface area contributed by atoms with Crippen molar-refractivity contribution >= 4 is 5.69 Å². The molecule has 0 saturated heterocycles. The molecule has 76 valence electrons. The first-order valence-corrected chi connectivity index (χ1v) is 5.55. The third-order valence-electron chi connectivity index (χ3n) is 3.54. The van der Waals surface area contributed by atoms with Crippen LogP contribution in [0.4, 0.5) is 5.69 Å². The number of benzene rings is 1. The zero-order valence-electron chi connectivity index (χ0n) is 9.14. The van der Waals surface area contributed by atoms with Gasteiger partial charge in [-0.2, -0.15) is 0 Å². The largest absolute Gasteiger partial charge is 0.399 e. The van der Waals surface area contributed by atoms with Crippen LogP contribution in [0.25, 0.3) is 0 Å². The summed E-state index contributed by atoms with van der Waals surface area (Å²) < 4.78 is 0. The smallest absolute Gasteiger partial charge is 0.0346 e. The van der Waals surface area contributed by atoms with Crippen LogP contribution in [0.2, 0.25) is 0 Å². The summed E-state index contributed by atoms with van der Waals surface area (Å²) in [5.41, 5.74) is 11.2. The molecule has 0 bridgehead atoms. The highest BCUT2D eigenvalue weighted by molar-refractivity contribution is 5.54. The summed E-state index contributed by atoms with van der Waals surface area (Å²) >= 11 is 0. The normalized spacial score (nSPS) is 17.6. The Kier molecular flexibility index (Phi) is 2.49. The number of aryl methyl sites for hydroxylation is 1. The predicted octanol–water partition coefficient (Wildman–Crippen LogP) is 3.54. The number of nitrogens with two attached hydrogens (primary N) is 1. The molecule has 0 aliphatic heterocycles. The maximum Gasteiger partial charge on any atom is 0.0346 e. The maximum atomic E-state index is 5.96. The van der Waals surface area contributed by atoms with E-state index >= 15 is 0 Å². The fourth-order valence-electron chi connectivity index (χ4n) is 2.72. The monoisotopic (exact) mass is 189 g/mol. The van der Waals surface area contributed by atoms with Crippen molar-refractivity contribution in [3.8, 4) is 0 Å². The average molecular weight is 189 g/mol. The van der Waals surface area contributed by atoms with Crippen LogP contribution in [0, 0.1) is 13.8 Å². The minimum Gasteiger partial charge on any atom is -0.399 e. The van der Waals surface area contributed by atoms with E-state index in [0.29, 0.717) is 0 Å². The first-order chi connectivity index (χ1) is 6.70. The summed E-state index contributed by atoms with van der Waals surface area (Å²) in [6.45, 7) is 4.37. The highest BCUT2D eigenvalue weighted by atomic mass is 14.6. The first-order valence-electron chi connectivity index (χ1n) is 5.55. The van der Waals surface area contributed by atoms with E-state index < -0.39 is 0 Å². The topological polar surface area (TPSA) is 26.0 Å². The average Bonchev–Trinajstić information content (AvgIpc) is 2.65. The van der Waals surface area contributed by atoms with E-state index in [-0.39, 0.29) is 0 Å². The van der Waals surface area contributed by atoms with Gasteiger partial charge in [0.05, 0.1) is 0 Å². The molecule has 0 aromatic heterocycles. The maximum absolute atomic E-state index is 5.96. The van der Waals surface area contributed by atoms with Gasteiger partial charge in [0.2, 0.25) is 0 Å². The van der Waals surface area contributed by atoms with Crippen molar-refractivity contribution in [1.29, 1.82) is 0 Å². The van der Waals surface area contributed by atoms with Gasteiger partial charge >= 0.3 is 0 Å². The van der Waals surface area contributed by atoms with Crippen LogP contribution in [-0.4, -0.2) is 0 Å². The van der Waals surface area contributed by atoms with Crippen LogP contribution in [0.15, 0.2) is 12.1 Å². The van der Waals surface area contributed by atoms with E-state index in [4.69, 9.17) is 5.73 Å². The van der Waals surface area contributed by atoms with Crippen LogP contribution >= 0.6 is 0 Å². The molecule has 0 amide bonds. The summed E-state index contributed by atoms with van der Waals surface area (Å²) in [4.78, 5) is 0. The number of rotatable bonds is 1. The molecule has 1 fully saturated rings. The van der Waals surface area contributed by atoms with Crippen LogP contribution in [0.1, 0.15) is 48.3 Å². The Labute approximate surface area is 86.3 Å². The van der Waals surface area contributed by atoms with Gasteiger partial charge in [0.15, 0.2) is 0 Å². The van der Waals surface area contributed by atoms with Gasteiger partial charge in [-0.05, 0) is 55.4 Å². The molecule has 1 aromatic carbocycles. The van der Waals surface area contributed by atoms with Gasteiger partial charge in [-0.15, -0.1) is 0 Å². The quantitative estimate of drug-likeness (QED) is 0.672. The van der Waals surface area contributed by atoms with Crippen molar-refractivity contribution < 1.29 is 0 Å². The summed E-state index contributed by atoms with van der Waals surface area (Å²) in [7, 11) is 0. The van der Waals surface area contributed by atoms with Crippen molar-refractivity contribution in [3.05, 3.63) is 28.8 Å². The molecule has 1 saturated carbocycles. The van der Waals surface area contributed by atoms with Crippen molar-refractivity contribution in [3.63, 3.8) is 0 Å². The lowest BCUT2D eigenvalue weighted by atomic mass is 9.89. The number of anilines is 1. The zero-order valence-corrected chi connectivity index (χ0v) is 9.14. The van der Waals surface area contributed by atoms with E-state index in [1.807, 2.05) is 6.07 Å². The molecule has 0 spiro atoms. The van der Waals surface area contributed by atoms with Crippen LogP contribution in [0.3, 0.4) is 0 Å². The Morgan fingerprint density at radius 2 is 1.79 bits per heavy atom. The SMILES string of the molecule is Cc1ccc(N)c(C)c1C1CCCC1. The van der Waals surface area contributed by atoms with Crippen molar-refractivity contribution in [2.75, 3.05) is 5.73 Å². The van der Waals surface area contributed by atoms with E-state index in [1.54, 1.807) is 0 Å². The zero-order chi connectivity index (χ0) is 10.1. The minimum absolute atomic E-state index is 0.776. The summed E-state index contributed by atoms with van der Waals surface area (Å²) in [5, 5.41) is 0. The van der Waals surface area contributed by atoms with E-state index in [1.165, 1.54) is 42.4 Å². The Hall–Kier alpha value is -0.980. The van der Waals surface area contributed by atoms with Crippen molar-refractivity contribution in [2.45, 2.75) is 45.4 Å². The highest BCUT2D eigenvalue weighted by Gasteiger charge is 2.20. The molecule has 1 aromatic rings. The molecule has 2 N–H and O–H groups in total. The Morgan fingerprint density at radius 1 is 1.14 bits per heavy atom. The van der Waals surface area contributed by atoms with Gasteiger partial charge < -0.3 is 5.73 Å². The molecule has 14 heavy (non-hydrogen) atoms. The third-order valence-corrected chi connectivity index (χ3v) is 3.54. The van der Waals surface area contributed by atoms with Crippen LogP contribution < -0.4 is 5.73 Å². The Bertz CT molecular complexity index is 335. The molecule has 2 rings (SSSR count). The van der Waals surface area contributed by atoms with Crippen molar-refractivity contribution in [2.24, 2.45) is 0 Å². The summed E-state index contributed by atoms with van der Waals surface area (Å²) in [6.07, 6.45) is 5.48. The number of hydrogen-bond donors (Lipinski definition) is 1. The molecular formula is C13H19N. The van der Waals surface area contributed by atoms with Gasteiger partial charge in [0.25, 0.3) is 0 Å². The van der Waals surface area contributed by atoms with Gasteiger partial charge in [0, 0.05) is 5.69 Å². The van der Waals surface area contributed by atoms with Gasteiger partial charge in [-0.25, -0.2) is 0 Å². The fourth-order valence-corrected chi connectivity index (χ4v) is 2.72. The highest BCUT2D eigenvalue weighted by Crippen LogP contribution is 2.38. The van der Waals surface area contributed by atoms with Crippen LogP contribution in [0.5, 0.6) is 0 Å². The molecule has 0 radical (unpaired) electrons. The second-order valence-electron chi connectivity index (χ2n) is 4.49. The lowest BCUT2D eigenvalue weighted by Gasteiger charge is -2.17. The van der Waals surface area contributed by atoms with E-state index in [0.717, 1.165) is 11.6 Å². The number of nitrogen functional groups attached to an aromatic ring is 1. The first kappa shape index (κ1) is 9.57. The fraction of sp³-hybridized carbons (Fsp3) is 0.538. The van der Waals surface area contributed by atoms with Gasteiger partial charge in [-0.1, -0.05) is 18.9 Å². The molecule has 0 heterocycles. The molecular weight excluding hydrogens is 170 g/mol. The third kappa shape index (κ3) is 1.52. The Balaban J connectivity index is 2.44. The second-order valence-corrected chi connectivity index (χ2v) is 4.49. The molecule has 1 nitrogen and oxygen atoms in total. The summed E-state index contributed by atoms with van der Waals surface area (Å²) in [5.74, 6) is 0.776. The van der Waals surface area contributed by atoms with E-state index in [9.17, 15) is 0 Å². The number of hydrogen-bond acceptors (Lipinski definition) is 1. The molecule has 0 atom stereocenters. The van der Waals surface area contributed by atoms with Crippen LogP contribution in [-0.2, 0) is 0 Å². The predicted molar refractivity (Wildman–Crippen MR) is 61.5 cm³/mol. The van der Waals surface area contributed by atoms with Gasteiger partial charge in [0.1, 0.15) is 0 Å². The molecule has 1 aliphatic rings. The lowest BCUT2D eigenvalue weighted by Crippen LogP contribution is -2.02. The van der Waals surface area contributed by atoms with Crippen molar-refractivity contribution in [1.82, 2.24) is 0 Å². The molecule has 1 aliphatic carbocycles. The minimum atomic E-state index is 0.776. The standard InChI is InChI=1S/C13H19N/c1-9-7-8-12(14)10(2)13(9)11-5-3-4-6-11/h7-8,11H,3-6,14H2,1-2H3. The molecule has 1 heteroatoms. The Morgan fingerprint density at radius 3 is 2.43 bits per heavy atom. The second kappa shape index (κ2) is 3.64. The van der Waals surface area contributed by atoms with Gasteiger partial charge in [-0.3, -0.25) is 0 Å². The molecule has 0 unspecified atom stereocenters. The lowest BCUT2D eigenvalue weighted by molar-refractivity contribution is 0.713. The summed E-state index contributed by atoms with van der Waals surface area (Å²) in [6, 6.07) is 4.19.